The molecule has 1 aromatic rings. The zero-order valence-electron chi connectivity index (χ0n) is 9.98. The molecule has 3 N–H and O–H groups in total. The highest BCUT2D eigenvalue weighted by Gasteiger charge is 2.15. The fourth-order valence-electron chi connectivity index (χ4n) is 2.30. The molecule has 4 heteroatoms. The molecule has 17 heavy (non-hydrogen) atoms. The summed E-state index contributed by atoms with van der Waals surface area (Å²) in [5.41, 5.74) is 5.95. The molecular formula is C13H19N3O. The fourth-order valence-corrected chi connectivity index (χ4v) is 2.30. The van der Waals surface area contributed by atoms with Crippen LogP contribution in [0.25, 0.3) is 0 Å². The number of nitrogen functional groups attached to an aromatic ring is 1. The second-order valence-electron chi connectivity index (χ2n) is 4.66. The van der Waals surface area contributed by atoms with Crippen molar-refractivity contribution in [1.29, 1.82) is 0 Å². The topological polar surface area (TPSA) is 68.0 Å². The fraction of sp³-hybridized carbons (Fsp3) is 0.538. The number of hydrogen-bond donors (Lipinski definition) is 2. The molecule has 1 heterocycles. The number of hydrogen-bond acceptors (Lipinski definition) is 3. The summed E-state index contributed by atoms with van der Waals surface area (Å²) < 4.78 is 0. The van der Waals surface area contributed by atoms with Crippen molar-refractivity contribution < 1.29 is 4.79 Å². The van der Waals surface area contributed by atoms with E-state index in [0.717, 1.165) is 6.54 Å². The number of anilines is 1. The van der Waals surface area contributed by atoms with E-state index in [1.54, 1.807) is 18.2 Å². The van der Waals surface area contributed by atoms with Crippen molar-refractivity contribution in [3.8, 4) is 0 Å². The highest BCUT2D eigenvalue weighted by molar-refractivity contribution is 5.92. The number of rotatable bonds is 3. The van der Waals surface area contributed by atoms with Crippen molar-refractivity contribution in [2.24, 2.45) is 5.92 Å². The van der Waals surface area contributed by atoms with Gasteiger partial charge in [-0.1, -0.05) is 25.3 Å². The second kappa shape index (κ2) is 5.66. The maximum atomic E-state index is 11.8. The molecule has 0 saturated heterocycles. The highest BCUT2D eigenvalue weighted by atomic mass is 16.1. The molecule has 0 spiro atoms. The number of aromatic nitrogens is 1. The molecular weight excluding hydrogens is 214 g/mol. The number of nitrogens with zero attached hydrogens (tertiary/aromatic N) is 1. The van der Waals surface area contributed by atoms with Crippen molar-refractivity contribution in [2.75, 3.05) is 12.3 Å². The molecule has 1 saturated carbocycles. The van der Waals surface area contributed by atoms with Crippen LogP contribution in [0.3, 0.4) is 0 Å². The van der Waals surface area contributed by atoms with Crippen molar-refractivity contribution >= 4 is 11.7 Å². The van der Waals surface area contributed by atoms with Crippen LogP contribution >= 0.6 is 0 Å². The Kier molecular flexibility index (Phi) is 3.96. The van der Waals surface area contributed by atoms with Crippen LogP contribution in [0.5, 0.6) is 0 Å². The highest BCUT2D eigenvalue weighted by Crippen LogP contribution is 2.22. The van der Waals surface area contributed by atoms with E-state index in [-0.39, 0.29) is 5.91 Å². The summed E-state index contributed by atoms with van der Waals surface area (Å²) in [6.45, 7) is 0.759. The van der Waals surface area contributed by atoms with Crippen molar-refractivity contribution in [2.45, 2.75) is 32.1 Å². The van der Waals surface area contributed by atoms with Gasteiger partial charge < -0.3 is 11.1 Å². The van der Waals surface area contributed by atoms with E-state index >= 15 is 0 Å². The molecule has 0 aromatic carbocycles. The number of pyridine rings is 1. The number of amides is 1. The first kappa shape index (κ1) is 11.9. The lowest BCUT2D eigenvalue weighted by molar-refractivity contribution is 0.0938. The van der Waals surface area contributed by atoms with Gasteiger partial charge in [0.15, 0.2) is 0 Å². The minimum absolute atomic E-state index is 0.122. The van der Waals surface area contributed by atoms with Crippen LogP contribution in [0, 0.1) is 5.92 Å². The standard InChI is InChI=1S/C13H19N3O/c14-12-8-4-7-11(16-12)13(17)15-9-10-5-2-1-3-6-10/h4,7-8,10H,1-3,5-6,9H2,(H2,14,16)(H,15,17). The summed E-state index contributed by atoms with van der Waals surface area (Å²) in [4.78, 5) is 15.8. The Morgan fingerprint density at radius 3 is 2.82 bits per heavy atom. The molecule has 0 bridgehead atoms. The first-order valence-electron chi connectivity index (χ1n) is 6.26. The second-order valence-corrected chi connectivity index (χ2v) is 4.66. The Balaban J connectivity index is 1.84. The smallest absolute Gasteiger partial charge is 0.269 e. The molecule has 2 rings (SSSR count). The molecule has 1 amide bonds. The van der Waals surface area contributed by atoms with Crippen LogP contribution in [0.15, 0.2) is 18.2 Å². The first-order chi connectivity index (χ1) is 8.25. The van der Waals surface area contributed by atoms with Gasteiger partial charge in [-0.25, -0.2) is 4.98 Å². The predicted octanol–water partition coefficient (Wildman–Crippen LogP) is 1.97. The number of carbonyl (C=O) groups excluding carboxylic acids is 1. The van der Waals surface area contributed by atoms with Gasteiger partial charge in [0.25, 0.3) is 5.91 Å². The van der Waals surface area contributed by atoms with Gasteiger partial charge in [-0.3, -0.25) is 4.79 Å². The maximum Gasteiger partial charge on any atom is 0.269 e. The zero-order valence-corrected chi connectivity index (χ0v) is 9.98. The predicted molar refractivity (Wildman–Crippen MR) is 67.6 cm³/mol. The molecule has 0 radical (unpaired) electrons. The van der Waals surface area contributed by atoms with Crippen LogP contribution in [0.4, 0.5) is 5.82 Å². The van der Waals surface area contributed by atoms with Crippen LogP contribution in [-0.2, 0) is 0 Å². The van der Waals surface area contributed by atoms with E-state index in [4.69, 9.17) is 5.73 Å². The average molecular weight is 233 g/mol. The summed E-state index contributed by atoms with van der Waals surface area (Å²) in [6, 6.07) is 5.11. The van der Waals surface area contributed by atoms with Crippen LogP contribution in [0.1, 0.15) is 42.6 Å². The lowest BCUT2D eigenvalue weighted by Crippen LogP contribution is -2.30. The van der Waals surface area contributed by atoms with Crippen LogP contribution in [0.2, 0.25) is 0 Å². The molecule has 0 unspecified atom stereocenters. The SMILES string of the molecule is Nc1cccc(C(=O)NCC2CCCCC2)n1. The molecule has 0 aliphatic heterocycles. The number of nitrogens with two attached hydrogens (primary N) is 1. The normalized spacial score (nSPS) is 16.7. The van der Waals surface area contributed by atoms with E-state index in [0.29, 0.717) is 17.4 Å². The van der Waals surface area contributed by atoms with Gasteiger partial charge in [0.1, 0.15) is 11.5 Å². The van der Waals surface area contributed by atoms with Crippen molar-refractivity contribution in [1.82, 2.24) is 10.3 Å². The third-order valence-corrected chi connectivity index (χ3v) is 3.28. The lowest BCUT2D eigenvalue weighted by atomic mass is 9.89. The van der Waals surface area contributed by atoms with Crippen LogP contribution in [-0.4, -0.2) is 17.4 Å². The van der Waals surface area contributed by atoms with E-state index < -0.39 is 0 Å². The van der Waals surface area contributed by atoms with Gasteiger partial charge in [-0.2, -0.15) is 0 Å². The van der Waals surface area contributed by atoms with Gasteiger partial charge in [-0.15, -0.1) is 0 Å². The molecule has 1 aliphatic rings. The minimum Gasteiger partial charge on any atom is -0.384 e. The van der Waals surface area contributed by atoms with Gasteiger partial charge in [-0.05, 0) is 30.9 Å². The minimum atomic E-state index is -0.122. The van der Waals surface area contributed by atoms with E-state index in [2.05, 4.69) is 10.3 Å². The number of carbonyl (C=O) groups is 1. The van der Waals surface area contributed by atoms with Crippen LogP contribution < -0.4 is 11.1 Å². The maximum absolute atomic E-state index is 11.8. The van der Waals surface area contributed by atoms with E-state index in [1.807, 2.05) is 0 Å². The quantitative estimate of drug-likeness (QED) is 0.838. The molecule has 1 aromatic heterocycles. The average Bonchev–Trinajstić information content (AvgIpc) is 2.37. The van der Waals surface area contributed by atoms with Crippen molar-refractivity contribution in [3.63, 3.8) is 0 Å². The zero-order chi connectivity index (χ0) is 12.1. The Bertz CT molecular complexity index is 386. The summed E-state index contributed by atoms with van der Waals surface area (Å²) in [5, 5.41) is 2.94. The van der Waals surface area contributed by atoms with E-state index in [9.17, 15) is 4.79 Å². The Morgan fingerprint density at radius 1 is 1.35 bits per heavy atom. The largest absolute Gasteiger partial charge is 0.384 e. The Labute approximate surface area is 102 Å². The van der Waals surface area contributed by atoms with Gasteiger partial charge >= 0.3 is 0 Å². The summed E-state index contributed by atoms with van der Waals surface area (Å²) >= 11 is 0. The summed E-state index contributed by atoms with van der Waals surface area (Å²) in [5.74, 6) is 0.895. The van der Waals surface area contributed by atoms with Gasteiger partial charge in [0.2, 0.25) is 0 Å². The molecule has 92 valence electrons. The summed E-state index contributed by atoms with van der Waals surface area (Å²) in [7, 11) is 0. The molecule has 1 fully saturated rings. The van der Waals surface area contributed by atoms with E-state index in [1.165, 1.54) is 32.1 Å². The third-order valence-electron chi connectivity index (χ3n) is 3.28. The third kappa shape index (κ3) is 3.44. The summed E-state index contributed by atoms with van der Waals surface area (Å²) in [6.07, 6.45) is 6.37. The van der Waals surface area contributed by atoms with Gasteiger partial charge in [0, 0.05) is 6.54 Å². The molecule has 4 nitrogen and oxygen atoms in total. The molecule has 1 aliphatic carbocycles. The number of nitrogens with one attached hydrogen (secondary N) is 1. The lowest BCUT2D eigenvalue weighted by Gasteiger charge is -2.21. The Morgan fingerprint density at radius 2 is 2.12 bits per heavy atom. The molecule has 0 atom stereocenters. The Hall–Kier alpha value is -1.58. The first-order valence-corrected chi connectivity index (χ1v) is 6.26. The monoisotopic (exact) mass is 233 g/mol. The van der Waals surface area contributed by atoms with Gasteiger partial charge in [0.05, 0.1) is 0 Å². The van der Waals surface area contributed by atoms with Crippen molar-refractivity contribution in [3.05, 3.63) is 23.9 Å².